The van der Waals surface area contributed by atoms with Gasteiger partial charge < -0.3 is 5.32 Å². The normalized spacial score (nSPS) is 12.4. The largest absolute Gasteiger partial charge is 0.377 e. The van der Waals surface area contributed by atoms with Gasteiger partial charge in [0.2, 0.25) is 0 Å². The lowest BCUT2D eigenvalue weighted by molar-refractivity contribution is 0.898. The Labute approximate surface area is 121 Å². The van der Waals surface area contributed by atoms with Crippen LogP contribution in [0.25, 0.3) is 0 Å². The highest BCUT2D eigenvalue weighted by molar-refractivity contribution is 9.11. The minimum atomic E-state index is 0.340. The molecule has 0 amide bonds. The number of anilines is 1. The molecule has 1 aromatic carbocycles. The number of hydrogen-bond donors (Lipinski definition) is 1. The minimum absolute atomic E-state index is 0.340. The van der Waals surface area contributed by atoms with E-state index in [0.29, 0.717) is 6.04 Å². The van der Waals surface area contributed by atoms with Crippen LogP contribution in [0, 0.1) is 6.92 Å². The summed E-state index contributed by atoms with van der Waals surface area (Å²) in [6, 6.07) is 11.1. The molecule has 0 fully saturated rings. The number of benzene rings is 1. The van der Waals surface area contributed by atoms with Crippen LogP contribution in [0.4, 0.5) is 5.69 Å². The molecule has 96 valence electrons. The predicted molar refractivity (Wildman–Crippen MR) is 84.6 cm³/mol. The molecule has 0 aliphatic heterocycles. The number of thiophene rings is 1. The molecule has 0 bridgehead atoms. The molecule has 0 aliphatic carbocycles. The SMILES string of the molecule is CCc1cccc(C)c1NC(C)c1ccc(Br)s1. The van der Waals surface area contributed by atoms with Crippen molar-refractivity contribution in [3.05, 3.63) is 50.1 Å². The summed E-state index contributed by atoms with van der Waals surface area (Å²) in [4.78, 5) is 1.35. The maximum atomic E-state index is 3.65. The molecule has 0 saturated heterocycles. The predicted octanol–water partition coefficient (Wildman–Crippen LogP) is 5.55. The van der Waals surface area contributed by atoms with Crippen LogP contribution in [0.5, 0.6) is 0 Å². The Bertz CT molecular complexity index is 533. The van der Waals surface area contributed by atoms with Gasteiger partial charge in [0.25, 0.3) is 0 Å². The summed E-state index contributed by atoms with van der Waals surface area (Å²) in [6.45, 7) is 6.58. The minimum Gasteiger partial charge on any atom is -0.377 e. The fraction of sp³-hybridized carbons (Fsp3) is 0.333. The van der Waals surface area contributed by atoms with Crippen LogP contribution in [-0.4, -0.2) is 0 Å². The van der Waals surface area contributed by atoms with E-state index in [4.69, 9.17) is 0 Å². The number of para-hydroxylation sites is 1. The second-order valence-corrected chi connectivity index (χ2v) is 6.97. The summed E-state index contributed by atoms with van der Waals surface area (Å²) in [5.41, 5.74) is 3.99. The van der Waals surface area contributed by atoms with Crippen LogP contribution in [0.1, 0.15) is 35.9 Å². The zero-order valence-corrected chi connectivity index (χ0v) is 13.4. The van der Waals surface area contributed by atoms with Crippen LogP contribution < -0.4 is 5.32 Å². The van der Waals surface area contributed by atoms with Crippen molar-refractivity contribution in [2.75, 3.05) is 5.32 Å². The lowest BCUT2D eigenvalue weighted by Gasteiger charge is -2.19. The number of rotatable bonds is 4. The van der Waals surface area contributed by atoms with Gasteiger partial charge >= 0.3 is 0 Å². The molecule has 1 heterocycles. The van der Waals surface area contributed by atoms with Gasteiger partial charge in [-0.1, -0.05) is 25.1 Å². The van der Waals surface area contributed by atoms with E-state index in [9.17, 15) is 0 Å². The number of halogens is 1. The molecule has 18 heavy (non-hydrogen) atoms. The van der Waals surface area contributed by atoms with Gasteiger partial charge in [-0.2, -0.15) is 0 Å². The van der Waals surface area contributed by atoms with Crippen molar-refractivity contribution in [3.8, 4) is 0 Å². The average Bonchev–Trinajstić information content (AvgIpc) is 2.78. The maximum absolute atomic E-state index is 3.65. The van der Waals surface area contributed by atoms with Gasteiger partial charge in [-0.25, -0.2) is 0 Å². The van der Waals surface area contributed by atoms with Crippen molar-refractivity contribution in [3.63, 3.8) is 0 Å². The van der Waals surface area contributed by atoms with E-state index >= 15 is 0 Å². The lowest BCUT2D eigenvalue weighted by atomic mass is 10.0. The first-order chi connectivity index (χ1) is 8.61. The topological polar surface area (TPSA) is 12.0 Å². The first-order valence-electron chi connectivity index (χ1n) is 6.22. The fourth-order valence-electron chi connectivity index (χ4n) is 2.08. The van der Waals surface area contributed by atoms with Gasteiger partial charge in [0.1, 0.15) is 0 Å². The highest BCUT2D eigenvalue weighted by Gasteiger charge is 2.11. The van der Waals surface area contributed by atoms with Crippen LogP contribution in [0.15, 0.2) is 34.1 Å². The van der Waals surface area contributed by atoms with Gasteiger partial charge in [-0.3, -0.25) is 0 Å². The standard InChI is InChI=1S/C15H18BrNS/c1-4-12-7-5-6-10(2)15(12)17-11(3)13-8-9-14(16)18-13/h5-9,11,17H,4H2,1-3H3. The Morgan fingerprint density at radius 2 is 2.06 bits per heavy atom. The zero-order chi connectivity index (χ0) is 13.1. The van der Waals surface area contributed by atoms with Crippen molar-refractivity contribution in [2.24, 2.45) is 0 Å². The number of nitrogens with one attached hydrogen (secondary N) is 1. The van der Waals surface area contributed by atoms with E-state index < -0.39 is 0 Å². The van der Waals surface area contributed by atoms with E-state index in [1.165, 1.54) is 25.5 Å². The first-order valence-corrected chi connectivity index (χ1v) is 7.83. The number of hydrogen-bond acceptors (Lipinski definition) is 2. The van der Waals surface area contributed by atoms with Gasteiger partial charge in [-0.05, 0) is 59.5 Å². The van der Waals surface area contributed by atoms with Gasteiger partial charge in [0, 0.05) is 10.6 Å². The van der Waals surface area contributed by atoms with Crippen molar-refractivity contribution < 1.29 is 0 Å². The van der Waals surface area contributed by atoms with Crippen molar-refractivity contribution in [1.82, 2.24) is 0 Å². The van der Waals surface area contributed by atoms with Crippen LogP contribution >= 0.6 is 27.3 Å². The van der Waals surface area contributed by atoms with Crippen molar-refractivity contribution in [2.45, 2.75) is 33.2 Å². The van der Waals surface area contributed by atoms with Crippen molar-refractivity contribution >= 4 is 33.0 Å². The molecule has 1 nitrogen and oxygen atoms in total. The van der Waals surface area contributed by atoms with E-state index in [2.05, 4.69) is 72.3 Å². The second-order valence-electron chi connectivity index (χ2n) is 4.47. The number of aryl methyl sites for hydroxylation is 2. The van der Waals surface area contributed by atoms with Crippen molar-refractivity contribution in [1.29, 1.82) is 0 Å². The fourth-order valence-corrected chi connectivity index (χ4v) is 3.50. The zero-order valence-electron chi connectivity index (χ0n) is 11.0. The van der Waals surface area contributed by atoms with Crippen LogP contribution in [0.2, 0.25) is 0 Å². The Hall–Kier alpha value is -0.800. The first kappa shape index (κ1) is 13.6. The summed E-state index contributed by atoms with van der Waals surface area (Å²) in [7, 11) is 0. The Balaban J connectivity index is 2.23. The maximum Gasteiger partial charge on any atom is 0.0702 e. The summed E-state index contributed by atoms with van der Waals surface area (Å²) in [5, 5.41) is 3.65. The third-order valence-electron chi connectivity index (χ3n) is 3.12. The molecular formula is C15H18BrNS. The van der Waals surface area contributed by atoms with E-state index in [-0.39, 0.29) is 0 Å². The van der Waals surface area contributed by atoms with Gasteiger partial charge in [0.15, 0.2) is 0 Å². The van der Waals surface area contributed by atoms with E-state index in [1.807, 2.05) is 0 Å². The molecule has 0 spiro atoms. The summed E-state index contributed by atoms with van der Waals surface area (Å²) in [6.07, 6.45) is 1.06. The van der Waals surface area contributed by atoms with E-state index in [0.717, 1.165) is 6.42 Å². The van der Waals surface area contributed by atoms with Gasteiger partial charge in [0.05, 0.1) is 9.83 Å². The molecular weight excluding hydrogens is 306 g/mol. The lowest BCUT2D eigenvalue weighted by Crippen LogP contribution is -2.08. The molecule has 1 atom stereocenters. The molecule has 0 aliphatic rings. The second kappa shape index (κ2) is 5.89. The molecule has 1 unspecified atom stereocenters. The third-order valence-corrected chi connectivity index (χ3v) is 4.93. The highest BCUT2D eigenvalue weighted by Crippen LogP contribution is 2.31. The Morgan fingerprint density at radius 1 is 1.28 bits per heavy atom. The molecule has 0 saturated carbocycles. The molecule has 1 aromatic heterocycles. The molecule has 2 aromatic rings. The van der Waals surface area contributed by atoms with Crippen LogP contribution in [0.3, 0.4) is 0 Å². The highest BCUT2D eigenvalue weighted by atomic mass is 79.9. The summed E-state index contributed by atoms with van der Waals surface area (Å²) >= 11 is 5.31. The molecule has 1 N–H and O–H groups in total. The Morgan fingerprint density at radius 3 is 2.67 bits per heavy atom. The van der Waals surface area contributed by atoms with Gasteiger partial charge in [-0.15, -0.1) is 11.3 Å². The Kier molecular flexibility index (Phi) is 4.46. The monoisotopic (exact) mass is 323 g/mol. The molecule has 0 radical (unpaired) electrons. The summed E-state index contributed by atoms with van der Waals surface area (Å²) < 4.78 is 1.19. The summed E-state index contributed by atoms with van der Waals surface area (Å²) in [5.74, 6) is 0. The quantitative estimate of drug-likeness (QED) is 0.777. The smallest absolute Gasteiger partial charge is 0.0702 e. The average molecular weight is 324 g/mol. The molecule has 3 heteroatoms. The third kappa shape index (κ3) is 2.96. The molecule has 2 rings (SSSR count). The van der Waals surface area contributed by atoms with Crippen LogP contribution in [-0.2, 0) is 6.42 Å². The van der Waals surface area contributed by atoms with E-state index in [1.54, 1.807) is 11.3 Å².